The van der Waals surface area contributed by atoms with Gasteiger partial charge in [0.05, 0.1) is 0 Å². The quantitative estimate of drug-likeness (QED) is 0.537. The van der Waals surface area contributed by atoms with Gasteiger partial charge in [-0.05, 0) is 31.2 Å². The molecule has 4 N–H and O–H groups in total. The van der Waals surface area contributed by atoms with Crippen molar-refractivity contribution in [2.75, 3.05) is 10.6 Å². The Labute approximate surface area is 139 Å². The third-order valence-electron chi connectivity index (χ3n) is 3.68. The second-order valence-corrected chi connectivity index (χ2v) is 5.53. The highest BCUT2D eigenvalue weighted by atomic mass is 15.2. The number of benzene rings is 2. The van der Waals surface area contributed by atoms with E-state index < -0.39 is 0 Å². The Morgan fingerprint density at radius 1 is 0.875 bits per heavy atom. The fraction of sp³-hybridized carbons (Fsp3) is 0.0556. The Morgan fingerprint density at radius 2 is 1.62 bits per heavy atom. The third-order valence-corrected chi connectivity index (χ3v) is 3.68. The molecule has 6 nitrogen and oxygen atoms in total. The van der Waals surface area contributed by atoms with E-state index in [0.717, 1.165) is 22.5 Å². The van der Waals surface area contributed by atoms with E-state index in [1.54, 1.807) is 6.33 Å². The lowest BCUT2D eigenvalue weighted by Crippen LogP contribution is -2.05. The first kappa shape index (κ1) is 14.2. The minimum Gasteiger partial charge on any atom is -0.337 e. The number of aromatic amines is 2. The molecule has 0 spiro atoms. The van der Waals surface area contributed by atoms with E-state index in [4.69, 9.17) is 0 Å². The van der Waals surface area contributed by atoms with E-state index in [0.29, 0.717) is 11.8 Å². The summed E-state index contributed by atoms with van der Waals surface area (Å²) in [5.41, 5.74) is 4.68. The van der Waals surface area contributed by atoms with Crippen molar-refractivity contribution >= 4 is 34.3 Å². The lowest BCUT2D eigenvalue weighted by Gasteiger charge is -2.07. The molecule has 0 aliphatic rings. The minimum absolute atomic E-state index is 0.528. The number of hydrogen-bond acceptors (Lipinski definition) is 4. The molecule has 0 saturated heterocycles. The number of nitrogens with one attached hydrogen (secondary N) is 4. The molecule has 2 aromatic heterocycles. The van der Waals surface area contributed by atoms with Gasteiger partial charge in [-0.25, -0.2) is 4.98 Å². The number of rotatable bonds is 4. The zero-order chi connectivity index (χ0) is 16.4. The van der Waals surface area contributed by atoms with E-state index in [-0.39, 0.29) is 0 Å². The zero-order valence-corrected chi connectivity index (χ0v) is 13.2. The van der Waals surface area contributed by atoms with Crippen LogP contribution in [-0.4, -0.2) is 15.0 Å². The SMILES string of the molecule is Cc1ccc(Nc2nc(Nc3ccccc3)c3[nH]c[nH+]c3n2)cc1. The molecule has 4 aromatic rings. The van der Waals surface area contributed by atoms with Crippen LogP contribution in [0.25, 0.3) is 11.2 Å². The van der Waals surface area contributed by atoms with Crippen molar-refractivity contribution in [3.63, 3.8) is 0 Å². The number of H-pyrrole nitrogens is 2. The van der Waals surface area contributed by atoms with Gasteiger partial charge in [-0.2, -0.15) is 4.98 Å². The van der Waals surface area contributed by atoms with E-state index in [1.807, 2.05) is 54.6 Å². The average molecular weight is 317 g/mol. The summed E-state index contributed by atoms with van der Waals surface area (Å²) in [6.07, 6.45) is 1.74. The largest absolute Gasteiger partial charge is 0.337 e. The summed E-state index contributed by atoms with van der Waals surface area (Å²) < 4.78 is 0. The Morgan fingerprint density at radius 3 is 2.42 bits per heavy atom. The topological polar surface area (TPSA) is 79.8 Å². The fourth-order valence-electron chi connectivity index (χ4n) is 2.45. The molecule has 0 fully saturated rings. The van der Waals surface area contributed by atoms with Crippen molar-refractivity contribution in [1.82, 2.24) is 15.0 Å². The molecular weight excluding hydrogens is 300 g/mol. The van der Waals surface area contributed by atoms with Gasteiger partial charge in [0.1, 0.15) is 0 Å². The van der Waals surface area contributed by atoms with Gasteiger partial charge in [0, 0.05) is 11.4 Å². The van der Waals surface area contributed by atoms with E-state index in [1.165, 1.54) is 5.56 Å². The van der Waals surface area contributed by atoms with Gasteiger partial charge >= 0.3 is 11.6 Å². The zero-order valence-electron chi connectivity index (χ0n) is 13.2. The van der Waals surface area contributed by atoms with Gasteiger partial charge in [-0.3, -0.25) is 4.98 Å². The summed E-state index contributed by atoms with van der Waals surface area (Å²) in [7, 11) is 0. The number of hydrogen-bond donors (Lipinski definition) is 3. The maximum Gasteiger partial charge on any atom is 0.307 e. The summed E-state index contributed by atoms with van der Waals surface area (Å²) >= 11 is 0. The Bertz CT molecular complexity index is 960. The van der Waals surface area contributed by atoms with Crippen LogP contribution in [0.5, 0.6) is 0 Å². The molecule has 0 saturated carbocycles. The number of fused-ring (bicyclic) bond motifs is 1. The molecule has 0 aliphatic carbocycles. The second-order valence-electron chi connectivity index (χ2n) is 5.53. The Balaban J connectivity index is 1.70. The first-order chi connectivity index (χ1) is 11.8. The first-order valence-electron chi connectivity index (χ1n) is 7.70. The molecule has 0 aliphatic heterocycles. The van der Waals surface area contributed by atoms with Crippen molar-refractivity contribution in [2.24, 2.45) is 0 Å². The van der Waals surface area contributed by atoms with Gasteiger partial charge in [0.15, 0.2) is 12.1 Å². The van der Waals surface area contributed by atoms with Crippen LogP contribution in [-0.2, 0) is 0 Å². The van der Waals surface area contributed by atoms with Crippen LogP contribution in [0.15, 0.2) is 60.9 Å². The van der Waals surface area contributed by atoms with Crippen molar-refractivity contribution in [3.8, 4) is 0 Å². The van der Waals surface area contributed by atoms with Gasteiger partial charge in [-0.1, -0.05) is 40.9 Å². The normalized spacial score (nSPS) is 10.7. The average Bonchev–Trinajstić information content (AvgIpc) is 3.07. The van der Waals surface area contributed by atoms with Crippen molar-refractivity contribution in [3.05, 3.63) is 66.5 Å². The number of aromatic nitrogens is 4. The summed E-state index contributed by atoms with van der Waals surface area (Å²) in [5, 5.41) is 6.57. The molecule has 24 heavy (non-hydrogen) atoms. The highest BCUT2D eigenvalue weighted by Gasteiger charge is 2.16. The van der Waals surface area contributed by atoms with E-state index in [2.05, 4.69) is 37.5 Å². The number of anilines is 4. The monoisotopic (exact) mass is 317 g/mol. The van der Waals surface area contributed by atoms with Gasteiger partial charge < -0.3 is 10.6 Å². The third kappa shape index (κ3) is 2.89. The van der Waals surface area contributed by atoms with Gasteiger partial charge in [0.25, 0.3) is 0 Å². The molecule has 118 valence electrons. The fourth-order valence-corrected chi connectivity index (χ4v) is 2.45. The molecule has 2 aromatic carbocycles. The van der Waals surface area contributed by atoms with Crippen LogP contribution in [0.3, 0.4) is 0 Å². The molecule has 0 radical (unpaired) electrons. The van der Waals surface area contributed by atoms with Crippen LogP contribution >= 0.6 is 0 Å². The molecule has 2 heterocycles. The minimum atomic E-state index is 0.528. The Hall–Kier alpha value is -3.41. The molecule has 0 bridgehead atoms. The van der Waals surface area contributed by atoms with Gasteiger partial charge in [0.2, 0.25) is 5.52 Å². The number of aryl methyl sites for hydroxylation is 1. The Kier molecular flexibility index (Phi) is 3.55. The predicted molar refractivity (Wildman–Crippen MR) is 94.6 cm³/mol. The van der Waals surface area contributed by atoms with E-state index in [9.17, 15) is 0 Å². The summed E-state index contributed by atoms with van der Waals surface area (Å²) in [5.74, 6) is 1.24. The first-order valence-corrected chi connectivity index (χ1v) is 7.70. The van der Waals surface area contributed by atoms with Crippen molar-refractivity contribution in [2.45, 2.75) is 6.92 Å². The maximum absolute atomic E-state index is 4.60. The molecular formula is C18H17N6+. The van der Waals surface area contributed by atoms with Crippen molar-refractivity contribution in [1.29, 1.82) is 0 Å². The molecule has 0 unspecified atom stereocenters. The summed E-state index contributed by atoms with van der Waals surface area (Å²) in [6, 6.07) is 18.0. The highest BCUT2D eigenvalue weighted by molar-refractivity contribution is 5.84. The van der Waals surface area contributed by atoms with Crippen LogP contribution in [0.1, 0.15) is 5.56 Å². The molecule has 0 amide bonds. The van der Waals surface area contributed by atoms with Crippen LogP contribution in [0.2, 0.25) is 0 Å². The number of imidazole rings is 1. The standard InChI is InChI=1S/C18H16N6/c1-12-7-9-14(10-8-12)22-18-23-16-15(19-11-20-16)17(24-18)21-13-5-3-2-4-6-13/h2-11H,1H3,(H3,19,20,21,22,23,24)/p+1. The lowest BCUT2D eigenvalue weighted by molar-refractivity contribution is -0.347. The second kappa shape index (κ2) is 6.00. The highest BCUT2D eigenvalue weighted by Crippen LogP contribution is 2.23. The van der Waals surface area contributed by atoms with Crippen LogP contribution in [0, 0.1) is 6.92 Å². The molecule has 0 atom stereocenters. The number of para-hydroxylation sites is 1. The van der Waals surface area contributed by atoms with Crippen LogP contribution in [0.4, 0.5) is 23.1 Å². The summed E-state index contributed by atoms with van der Waals surface area (Å²) in [4.78, 5) is 15.3. The lowest BCUT2D eigenvalue weighted by atomic mass is 10.2. The van der Waals surface area contributed by atoms with Crippen molar-refractivity contribution < 1.29 is 4.98 Å². The summed E-state index contributed by atoms with van der Waals surface area (Å²) in [6.45, 7) is 2.06. The maximum atomic E-state index is 4.60. The smallest absolute Gasteiger partial charge is 0.307 e. The van der Waals surface area contributed by atoms with E-state index >= 15 is 0 Å². The molecule has 6 heteroatoms. The van der Waals surface area contributed by atoms with Crippen LogP contribution < -0.4 is 15.6 Å². The number of nitrogens with zero attached hydrogens (tertiary/aromatic N) is 2. The van der Waals surface area contributed by atoms with Gasteiger partial charge in [-0.15, -0.1) is 0 Å². The predicted octanol–water partition coefficient (Wildman–Crippen LogP) is 3.57. The molecule has 4 rings (SSSR count).